The van der Waals surface area contributed by atoms with Gasteiger partial charge < -0.3 is 5.73 Å². The summed E-state index contributed by atoms with van der Waals surface area (Å²) in [6.07, 6.45) is -2.87. The van der Waals surface area contributed by atoms with Crippen LogP contribution in [0, 0.1) is 10.1 Å². The summed E-state index contributed by atoms with van der Waals surface area (Å²) in [4.78, 5) is 9.75. The predicted octanol–water partition coefficient (Wildman–Crippen LogP) is 2.51. The third kappa shape index (κ3) is 2.60. The zero-order chi connectivity index (χ0) is 11.6. The molecule has 7 heteroatoms. The van der Waals surface area contributed by atoms with E-state index < -0.39 is 23.1 Å². The summed E-state index contributed by atoms with van der Waals surface area (Å²) in [5.74, 6) is 0. The topological polar surface area (TPSA) is 69.2 Å². The Morgan fingerprint density at radius 3 is 2.53 bits per heavy atom. The number of nitro benzene ring substituents is 1. The zero-order valence-corrected chi connectivity index (χ0v) is 8.12. The molecule has 0 aliphatic heterocycles. The van der Waals surface area contributed by atoms with Gasteiger partial charge in [0.05, 0.1) is 16.5 Å². The minimum Gasteiger partial charge on any atom is -0.319 e. The van der Waals surface area contributed by atoms with Gasteiger partial charge in [0.15, 0.2) is 0 Å². The van der Waals surface area contributed by atoms with Crippen LogP contribution < -0.4 is 5.73 Å². The average molecular weight is 237 g/mol. The molecule has 0 aromatic heterocycles. The molecule has 0 radical (unpaired) electrons. The maximum absolute atomic E-state index is 12.3. The third-order valence-electron chi connectivity index (χ3n) is 1.82. The van der Waals surface area contributed by atoms with Crippen LogP contribution in [-0.2, 0) is 0 Å². The van der Waals surface area contributed by atoms with Crippen molar-refractivity contribution in [2.75, 3.05) is 0 Å². The second kappa shape index (κ2) is 4.50. The number of alkyl halides is 2. The van der Waals surface area contributed by atoms with Crippen LogP contribution in [-0.4, -0.2) is 11.3 Å². The first-order valence-electron chi connectivity index (χ1n) is 3.91. The number of halogens is 3. The maximum atomic E-state index is 12.3. The van der Waals surface area contributed by atoms with Crippen LogP contribution in [0.15, 0.2) is 18.2 Å². The zero-order valence-electron chi connectivity index (χ0n) is 7.36. The summed E-state index contributed by atoms with van der Waals surface area (Å²) in [6, 6.07) is 1.68. The van der Waals surface area contributed by atoms with Crippen LogP contribution in [0.1, 0.15) is 11.6 Å². The quantitative estimate of drug-likeness (QED) is 0.648. The molecule has 15 heavy (non-hydrogen) atoms. The van der Waals surface area contributed by atoms with Crippen LogP contribution in [0.2, 0.25) is 5.02 Å². The fourth-order valence-corrected chi connectivity index (χ4v) is 1.27. The van der Waals surface area contributed by atoms with Gasteiger partial charge in [0.2, 0.25) is 0 Å². The van der Waals surface area contributed by atoms with Crippen molar-refractivity contribution in [2.45, 2.75) is 12.5 Å². The number of rotatable bonds is 3. The van der Waals surface area contributed by atoms with Crippen molar-refractivity contribution >= 4 is 17.3 Å². The predicted molar refractivity (Wildman–Crippen MR) is 51.0 cm³/mol. The van der Waals surface area contributed by atoms with E-state index in [1.165, 1.54) is 6.07 Å². The van der Waals surface area contributed by atoms with Crippen molar-refractivity contribution in [3.63, 3.8) is 0 Å². The lowest BCUT2D eigenvalue weighted by Gasteiger charge is -2.11. The molecule has 1 rings (SSSR count). The van der Waals surface area contributed by atoms with Gasteiger partial charge in [-0.1, -0.05) is 11.6 Å². The monoisotopic (exact) mass is 236 g/mol. The average Bonchev–Trinajstić information content (AvgIpc) is 2.15. The molecule has 0 aliphatic carbocycles. The van der Waals surface area contributed by atoms with Crippen LogP contribution in [0.25, 0.3) is 0 Å². The molecule has 1 aromatic carbocycles. The smallest absolute Gasteiger partial charge is 0.274 e. The molecule has 2 N–H and O–H groups in total. The highest BCUT2D eigenvalue weighted by atomic mass is 35.5. The van der Waals surface area contributed by atoms with Crippen LogP contribution >= 0.6 is 11.6 Å². The highest BCUT2D eigenvalue weighted by molar-refractivity contribution is 6.30. The molecule has 0 saturated heterocycles. The summed E-state index contributed by atoms with van der Waals surface area (Å²) >= 11 is 5.55. The van der Waals surface area contributed by atoms with E-state index in [2.05, 4.69) is 0 Å². The molecule has 1 atom stereocenters. The van der Waals surface area contributed by atoms with Crippen LogP contribution in [0.5, 0.6) is 0 Å². The summed E-state index contributed by atoms with van der Waals surface area (Å²) in [6.45, 7) is 0. The van der Waals surface area contributed by atoms with E-state index in [1.54, 1.807) is 0 Å². The number of nitrogens with two attached hydrogens (primary N) is 1. The molecule has 0 saturated carbocycles. The van der Waals surface area contributed by atoms with Gasteiger partial charge in [0, 0.05) is 11.1 Å². The Balaban J connectivity index is 3.24. The van der Waals surface area contributed by atoms with Gasteiger partial charge in [-0.25, -0.2) is 8.78 Å². The molecule has 0 fully saturated rings. The van der Waals surface area contributed by atoms with E-state index in [0.29, 0.717) is 0 Å². The van der Waals surface area contributed by atoms with Crippen LogP contribution in [0.4, 0.5) is 14.5 Å². The Morgan fingerprint density at radius 2 is 2.07 bits per heavy atom. The van der Waals surface area contributed by atoms with Gasteiger partial charge in [0.1, 0.15) is 0 Å². The van der Waals surface area contributed by atoms with Gasteiger partial charge >= 0.3 is 0 Å². The number of benzene rings is 1. The Hall–Kier alpha value is -1.27. The van der Waals surface area contributed by atoms with Crippen molar-refractivity contribution in [3.8, 4) is 0 Å². The fraction of sp³-hybridized carbons (Fsp3) is 0.250. The van der Waals surface area contributed by atoms with Gasteiger partial charge in [-0.3, -0.25) is 10.1 Å². The number of hydrogen-bond donors (Lipinski definition) is 1. The van der Waals surface area contributed by atoms with E-state index in [-0.39, 0.29) is 10.6 Å². The van der Waals surface area contributed by atoms with Gasteiger partial charge in [0.25, 0.3) is 12.1 Å². The van der Waals surface area contributed by atoms with E-state index >= 15 is 0 Å². The summed E-state index contributed by atoms with van der Waals surface area (Å²) in [5, 5.41) is 10.7. The van der Waals surface area contributed by atoms with Crippen molar-refractivity contribution in [1.29, 1.82) is 0 Å². The van der Waals surface area contributed by atoms with Crippen molar-refractivity contribution in [2.24, 2.45) is 5.73 Å². The molecule has 0 heterocycles. The molecular formula is C8H7ClF2N2O2. The standard InChI is InChI=1S/C8H7ClF2N2O2/c9-4-1-2-6(13(14)15)5(3-4)7(12)8(10)11/h1-3,7-8H,12H2. The third-order valence-corrected chi connectivity index (χ3v) is 2.05. The molecule has 82 valence electrons. The van der Waals surface area contributed by atoms with E-state index in [0.717, 1.165) is 12.1 Å². The lowest BCUT2D eigenvalue weighted by molar-refractivity contribution is -0.385. The number of nitrogens with zero attached hydrogens (tertiary/aromatic N) is 1. The normalized spacial score (nSPS) is 12.9. The second-order valence-electron chi connectivity index (χ2n) is 2.82. The number of nitro groups is 1. The Kier molecular flexibility index (Phi) is 3.54. The molecule has 1 aromatic rings. The van der Waals surface area contributed by atoms with Crippen molar-refractivity contribution in [1.82, 2.24) is 0 Å². The first kappa shape index (κ1) is 11.8. The summed E-state index contributed by atoms with van der Waals surface area (Å²) in [7, 11) is 0. The van der Waals surface area contributed by atoms with E-state index in [1.807, 2.05) is 0 Å². The van der Waals surface area contributed by atoms with E-state index in [9.17, 15) is 18.9 Å². The SMILES string of the molecule is NC(c1cc(Cl)ccc1[N+](=O)[O-])C(F)F. The van der Waals surface area contributed by atoms with Gasteiger partial charge in [-0.2, -0.15) is 0 Å². The molecular weight excluding hydrogens is 230 g/mol. The second-order valence-corrected chi connectivity index (χ2v) is 3.26. The van der Waals surface area contributed by atoms with Gasteiger partial charge in [-0.15, -0.1) is 0 Å². The maximum Gasteiger partial charge on any atom is 0.274 e. The largest absolute Gasteiger partial charge is 0.319 e. The van der Waals surface area contributed by atoms with Crippen LogP contribution in [0.3, 0.4) is 0 Å². The fourth-order valence-electron chi connectivity index (χ4n) is 1.09. The molecule has 0 amide bonds. The molecule has 0 bridgehead atoms. The minimum absolute atomic E-state index is 0.131. The first-order chi connectivity index (χ1) is 6.93. The Morgan fingerprint density at radius 1 is 1.47 bits per heavy atom. The summed E-state index contributed by atoms with van der Waals surface area (Å²) < 4.78 is 24.6. The lowest BCUT2D eigenvalue weighted by Crippen LogP contribution is -2.20. The molecule has 0 aliphatic rings. The number of hydrogen-bond acceptors (Lipinski definition) is 3. The lowest BCUT2D eigenvalue weighted by atomic mass is 10.1. The van der Waals surface area contributed by atoms with Crippen molar-refractivity contribution in [3.05, 3.63) is 38.9 Å². The van der Waals surface area contributed by atoms with E-state index in [4.69, 9.17) is 17.3 Å². The van der Waals surface area contributed by atoms with Gasteiger partial charge in [-0.05, 0) is 12.1 Å². The first-order valence-corrected chi connectivity index (χ1v) is 4.29. The Bertz CT molecular complexity index is 387. The molecule has 4 nitrogen and oxygen atoms in total. The molecule has 0 spiro atoms. The molecule has 1 unspecified atom stereocenters. The van der Waals surface area contributed by atoms with Crippen molar-refractivity contribution < 1.29 is 13.7 Å². The highest BCUT2D eigenvalue weighted by Gasteiger charge is 2.26. The Labute approximate surface area is 88.8 Å². The minimum atomic E-state index is -2.87. The highest BCUT2D eigenvalue weighted by Crippen LogP contribution is 2.29. The summed E-state index contributed by atoms with van der Waals surface area (Å²) in [5.41, 5.74) is 4.42.